The number of hydrogen-bond donors (Lipinski definition) is 0. The molecule has 1 nitrogen and oxygen atoms in total. The lowest BCUT2D eigenvalue weighted by Crippen LogP contribution is -1.91. The molecular weight excluding hydrogens is 593 g/mol. The molecule has 0 saturated heterocycles. The number of hydrogen-bond acceptors (Lipinski definition) is 1. The topological polar surface area (TPSA) is 13.1 Å². The lowest BCUT2D eigenvalue weighted by Gasteiger charge is -2.18. The van der Waals surface area contributed by atoms with Crippen LogP contribution in [0.25, 0.3) is 98.8 Å². The van der Waals surface area contributed by atoms with Gasteiger partial charge in [0.2, 0.25) is 0 Å². The van der Waals surface area contributed by atoms with Crippen LogP contribution in [0.2, 0.25) is 0 Å². The van der Waals surface area contributed by atoms with E-state index in [4.69, 9.17) is 9.90 Å². The van der Waals surface area contributed by atoms with Crippen LogP contribution >= 0.6 is 0 Å². The average molecular weight is 631 g/mol. The molecule has 1 heteroatoms. The zero-order valence-electron chi connectivity index (χ0n) is 34.1. The molecule has 0 saturated carbocycles. The molecule has 1 heterocycles. The smallest absolute Gasteiger partial charge is 0.143 e. The van der Waals surface area contributed by atoms with Crippen LogP contribution in [0.3, 0.4) is 0 Å². The summed E-state index contributed by atoms with van der Waals surface area (Å²) in [5.74, 6) is 0. The van der Waals surface area contributed by atoms with Crippen molar-refractivity contribution in [3.8, 4) is 44.5 Å². The van der Waals surface area contributed by atoms with Crippen molar-refractivity contribution in [2.75, 3.05) is 0 Å². The van der Waals surface area contributed by atoms with Crippen molar-refractivity contribution in [2.45, 2.75) is 0 Å². The maximum Gasteiger partial charge on any atom is 0.143 e. The molecule has 0 unspecified atom stereocenters. The van der Waals surface area contributed by atoms with Gasteiger partial charge in [-0.2, -0.15) is 0 Å². The van der Waals surface area contributed by atoms with Gasteiger partial charge in [0.05, 0.1) is 11.0 Å². The summed E-state index contributed by atoms with van der Waals surface area (Å²) in [6.45, 7) is 0. The van der Waals surface area contributed by atoms with E-state index in [2.05, 4.69) is 24.3 Å². The summed E-state index contributed by atoms with van der Waals surface area (Å²) in [7, 11) is 0. The van der Waals surface area contributed by atoms with Gasteiger partial charge in [-0.05, 0) is 83.6 Å². The first-order valence-electron chi connectivity index (χ1n) is 20.2. The quantitative estimate of drug-likeness (QED) is 0.176. The van der Waals surface area contributed by atoms with Gasteiger partial charge in [-0.3, -0.25) is 0 Å². The molecule has 0 bridgehead atoms. The minimum atomic E-state index is -0.429. The maximum atomic E-state index is 9.31. The van der Waals surface area contributed by atoms with Crippen molar-refractivity contribution < 1.29 is 15.4 Å². The molecule has 1 aromatic heterocycles. The molecule has 9 aromatic carbocycles. The zero-order valence-corrected chi connectivity index (χ0v) is 26.1. The molecule has 10 rings (SSSR count). The second-order valence-electron chi connectivity index (χ2n) is 12.2. The van der Waals surface area contributed by atoms with Gasteiger partial charge >= 0.3 is 0 Å². The molecule has 0 radical (unpaired) electrons. The minimum absolute atomic E-state index is 0.184. The number of fused-ring (bicyclic) bond motifs is 7. The highest BCUT2D eigenvalue weighted by Crippen LogP contribution is 2.45. The van der Waals surface area contributed by atoms with Gasteiger partial charge in [0.1, 0.15) is 11.2 Å². The van der Waals surface area contributed by atoms with Gasteiger partial charge in [0.25, 0.3) is 0 Å². The average Bonchev–Trinajstić information content (AvgIpc) is 3.65. The molecule has 0 spiro atoms. The summed E-state index contributed by atoms with van der Waals surface area (Å²) in [6.07, 6.45) is 0. The Bertz CT molecular complexity index is 3220. The third-order valence-corrected chi connectivity index (χ3v) is 9.53. The Hall–Kier alpha value is -6.44. The Morgan fingerprint density at radius 3 is 1.53 bits per heavy atom. The lowest BCUT2D eigenvalue weighted by atomic mass is 9.85. The van der Waals surface area contributed by atoms with Crippen molar-refractivity contribution in [2.24, 2.45) is 0 Å². The summed E-state index contributed by atoms with van der Waals surface area (Å²) in [6, 6.07) is 40.3. The fourth-order valence-electron chi connectivity index (χ4n) is 7.27. The van der Waals surface area contributed by atoms with Crippen LogP contribution in [-0.4, -0.2) is 0 Å². The molecule has 0 fully saturated rings. The van der Waals surface area contributed by atoms with E-state index < -0.39 is 24.2 Å². The van der Waals surface area contributed by atoms with Gasteiger partial charge in [-0.15, -0.1) is 0 Å². The van der Waals surface area contributed by atoms with Gasteiger partial charge in [-0.1, -0.05) is 170 Å². The van der Waals surface area contributed by atoms with Crippen LogP contribution in [0.1, 0.15) is 11.0 Å². The third kappa shape index (κ3) is 4.40. The van der Waals surface area contributed by atoms with E-state index in [1.807, 2.05) is 109 Å². The number of furan rings is 1. The molecule has 0 aliphatic heterocycles. The van der Waals surface area contributed by atoms with E-state index in [1.165, 1.54) is 0 Å². The van der Waals surface area contributed by atoms with Gasteiger partial charge in [-0.25, -0.2) is 0 Å². The summed E-state index contributed by atoms with van der Waals surface area (Å²) in [5.41, 5.74) is 7.06. The first-order valence-corrected chi connectivity index (χ1v) is 16.2. The minimum Gasteiger partial charge on any atom is -0.455 e. The zero-order chi connectivity index (χ0) is 39.3. The van der Waals surface area contributed by atoms with Gasteiger partial charge in [0.15, 0.2) is 0 Å². The largest absolute Gasteiger partial charge is 0.455 e. The monoisotopic (exact) mass is 630 g/mol. The molecule has 0 aliphatic carbocycles. The van der Waals surface area contributed by atoms with E-state index in [0.717, 1.165) is 55.0 Å². The predicted molar refractivity (Wildman–Crippen MR) is 208 cm³/mol. The van der Waals surface area contributed by atoms with Crippen LogP contribution in [-0.2, 0) is 0 Å². The Labute approximate surface area is 295 Å². The molecule has 0 amide bonds. The molecule has 49 heavy (non-hydrogen) atoms. The van der Waals surface area contributed by atoms with Crippen molar-refractivity contribution >= 4 is 54.3 Å². The van der Waals surface area contributed by atoms with E-state index in [0.29, 0.717) is 22.3 Å². The first-order chi connectivity index (χ1) is 27.6. The number of rotatable bonds is 4. The van der Waals surface area contributed by atoms with Crippen LogP contribution in [0, 0.1) is 0 Å². The Morgan fingerprint density at radius 1 is 0.367 bits per heavy atom. The summed E-state index contributed by atoms with van der Waals surface area (Å²) >= 11 is 0. The molecule has 10 aromatic rings. The van der Waals surface area contributed by atoms with Crippen LogP contribution < -0.4 is 0 Å². The highest BCUT2D eigenvalue weighted by atomic mass is 16.3. The fourth-order valence-corrected chi connectivity index (χ4v) is 7.27. The van der Waals surface area contributed by atoms with Crippen LogP contribution in [0.15, 0.2) is 186 Å². The van der Waals surface area contributed by atoms with Gasteiger partial charge in [0, 0.05) is 16.2 Å². The first kappa shape index (κ1) is 20.7. The standard InChI is InChI=1S/C48H30O/c1-2-11-31(12-3-1)32-21-25-35(26-22-32)45-39-15-6-8-17-41(39)46(42-18-9-7-16-40(42)45)36-27-23-34(24-28-36)37-19-10-20-44-47(37)43-30-29-33-13-4-5-14-38(33)48(43)49-44/h1-30H/i6D,7D,8D,9D,15D,16D,17D,18D. The summed E-state index contributed by atoms with van der Waals surface area (Å²) in [5, 5.41) is 4.80. The normalized spacial score (nSPS) is 14.0. The second kappa shape index (κ2) is 11.1. The molecule has 228 valence electrons. The highest BCUT2D eigenvalue weighted by molar-refractivity contribution is 6.22. The molecule has 0 atom stereocenters. The van der Waals surface area contributed by atoms with Gasteiger partial charge < -0.3 is 4.42 Å². The SMILES string of the molecule is [2H]c1c([2H])c([2H])c2c(-c3ccc(-c4cccc5oc6c7ccccc7ccc6c45)cc3)c3c([2H])c([2H])c([2H])c([2H])c3c(-c3ccc(-c4ccccc4)cc3)c2c1[2H]. The third-order valence-electron chi connectivity index (χ3n) is 9.53. The van der Waals surface area contributed by atoms with E-state index >= 15 is 0 Å². The molecule has 0 N–H and O–H groups in total. The highest BCUT2D eigenvalue weighted by Gasteiger charge is 2.18. The summed E-state index contributed by atoms with van der Waals surface area (Å²) < 4.78 is 78.7. The fraction of sp³-hybridized carbons (Fsp3) is 0. The van der Waals surface area contributed by atoms with E-state index in [1.54, 1.807) is 0 Å². The molecule has 0 aliphatic rings. The van der Waals surface area contributed by atoms with Crippen LogP contribution in [0.5, 0.6) is 0 Å². The van der Waals surface area contributed by atoms with Crippen molar-refractivity contribution in [1.82, 2.24) is 0 Å². The maximum absolute atomic E-state index is 9.31. The van der Waals surface area contributed by atoms with E-state index in [-0.39, 0.29) is 45.7 Å². The summed E-state index contributed by atoms with van der Waals surface area (Å²) in [4.78, 5) is 0. The van der Waals surface area contributed by atoms with Crippen molar-refractivity contribution in [3.05, 3.63) is 182 Å². The van der Waals surface area contributed by atoms with Crippen molar-refractivity contribution in [3.63, 3.8) is 0 Å². The Balaban J connectivity index is 1.26. The lowest BCUT2D eigenvalue weighted by molar-refractivity contribution is 0.673. The van der Waals surface area contributed by atoms with E-state index in [9.17, 15) is 5.48 Å². The predicted octanol–water partition coefficient (Wildman–Crippen LogP) is 13.7. The Morgan fingerprint density at radius 2 is 0.898 bits per heavy atom. The molecular formula is C48H30O. The second-order valence-corrected chi connectivity index (χ2v) is 12.2. The van der Waals surface area contributed by atoms with Crippen LogP contribution in [0.4, 0.5) is 0 Å². The Kier molecular flexibility index (Phi) is 4.69. The number of benzene rings is 9. The van der Waals surface area contributed by atoms with Crippen molar-refractivity contribution in [1.29, 1.82) is 0 Å².